The number of carbonyl (C=O) groups is 2. The molecule has 6 heteroatoms. The van der Waals surface area contributed by atoms with E-state index in [1.165, 1.54) is 12.0 Å². The van der Waals surface area contributed by atoms with E-state index in [0.29, 0.717) is 30.1 Å². The Morgan fingerprint density at radius 3 is 2.48 bits per heavy atom. The minimum Gasteiger partial charge on any atom is -0.497 e. The molecular weight excluding hydrogens is 346 g/mol. The second kappa shape index (κ2) is 7.15. The van der Waals surface area contributed by atoms with Crippen molar-refractivity contribution in [2.75, 3.05) is 13.7 Å². The largest absolute Gasteiger partial charge is 0.497 e. The zero-order valence-electron chi connectivity index (χ0n) is 16.5. The zero-order chi connectivity index (χ0) is 19.8. The van der Waals surface area contributed by atoms with Crippen LogP contribution in [0.4, 0.5) is 0 Å². The third kappa shape index (κ3) is 3.68. The lowest BCUT2D eigenvalue weighted by molar-refractivity contribution is -0.144. The molecule has 1 N–H and O–H groups in total. The summed E-state index contributed by atoms with van der Waals surface area (Å²) in [5.41, 5.74) is -0.220. The monoisotopic (exact) mass is 375 g/mol. The van der Waals surface area contributed by atoms with Gasteiger partial charge in [0.25, 0.3) is 5.91 Å². The van der Waals surface area contributed by atoms with E-state index in [1.807, 2.05) is 0 Å². The van der Waals surface area contributed by atoms with Gasteiger partial charge in [0.15, 0.2) is 6.04 Å². The lowest BCUT2D eigenvalue weighted by atomic mass is 9.70. The maximum atomic E-state index is 13.3. The third-order valence-corrected chi connectivity index (χ3v) is 6.07. The molecule has 0 bridgehead atoms. The van der Waals surface area contributed by atoms with Crippen molar-refractivity contribution in [3.05, 3.63) is 29.8 Å². The van der Waals surface area contributed by atoms with E-state index in [1.54, 1.807) is 24.3 Å². The number of carboxylic acids is 1. The topological polar surface area (TPSA) is 76.1 Å². The first-order valence-corrected chi connectivity index (χ1v) is 9.52. The molecule has 1 unspecified atom stereocenters. The summed E-state index contributed by atoms with van der Waals surface area (Å²) in [7, 11) is 1.54. The summed E-state index contributed by atoms with van der Waals surface area (Å²) < 4.78 is 11.2. The summed E-state index contributed by atoms with van der Waals surface area (Å²) in [6.07, 6.45) is 3.15. The molecule has 1 spiro atoms. The van der Waals surface area contributed by atoms with Crippen molar-refractivity contribution in [3.63, 3.8) is 0 Å². The first-order chi connectivity index (χ1) is 12.7. The van der Waals surface area contributed by atoms with Gasteiger partial charge >= 0.3 is 5.97 Å². The van der Waals surface area contributed by atoms with Crippen LogP contribution < -0.4 is 4.74 Å². The Labute approximate surface area is 160 Å². The molecular formula is C21H29NO5. The molecule has 6 nitrogen and oxygen atoms in total. The summed E-state index contributed by atoms with van der Waals surface area (Å²) >= 11 is 0. The number of rotatable bonds is 3. The highest BCUT2D eigenvalue weighted by Gasteiger charge is 2.54. The van der Waals surface area contributed by atoms with Gasteiger partial charge in [-0.05, 0) is 55.2 Å². The van der Waals surface area contributed by atoms with Gasteiger partial charge in [-0.1, -0.05) is 26.8 Å². The average molecular weight is 375 g/mol. The standard InChI is InChI=1S/C21H29NO5/c1-20(2,3)15-8-10-21(11-9-15)22(17(13-27-21)19(24)25)18(23)14-6-5-7-16(12-14)26-4/h5-7,12,15,17H,8-11,13H2,1-4H3,(H,24,25). The predicted octanol–water partition coefficient (Wildman–Crippen LogP) is 3.55. The van der Waals surface area contributed by atoms with E-state index in [2.05, 4.69) is 20.8 Å². The van der Waals surface area contributed by atoms with E-state index in [-0.39, 0.29) is 17.9 Å². The SMILES string of the molecule is COc1cccc(C(=O)N2C(C(=O)O)COC23CCC(C(C)(C)C)CC3)c1. The maximum absolute atomic E-state index is 13.3. The molecule has 1 aromatic rings. The Bertz CT molecular complexity index is 716. The highest BCUT2D eigenvalue weighted by Crippen LogP contribution is 2.47. The molecule has 1 aliphatic heterocycles. The van der Waals surface area contributed by atoms with Crippen molar-refractivity contribution in [1.29, 1.82) is 0 Å². The highest BCUT2D eigenvalue weighted by molar-refractivity contribution is 5.97. The molecule has 3 rings (SSSR count). The first kappa shape index (κ1) is 19.7. The molecule has 1 aromatic carbocycles. The lowest BCUT2D eigenvalue weighted by Gasteiger charge is -2.46. The van der Waals surface area contributed by atoms with Crippen LogP contribution in [0, 0.1) is 11.3 Å². The molecule has 1 heterocycles. The lowest BCUT2D eigenvalue weighted by Crippen LogP contribution is -2.55. The number of ether oxygens (including phenoxy) is 2. The molecule has 1 saturated heterocycles. The molecule has 1 aliphatic carbocycles. The van der Waals surface area contributed by atoms with Gasteiger partial charge in [0.05, 0.1) is 13.7 Å². The van der Waals surface area contributed by atoms with Crippen LogP contribution in [-0.2, 0) is 9.53 Å². The van der Waals surface area contributed by atoms with Crippen LogP contribution in [0.1, 0.15) is 56.8 Å². The first-order valence-electron chi connectivity index (χ1n) is 9.52. The van der Waals surface area contributed by atoms with E-state index in [9.17, 15) is 14.7 Å². The molecule has 1 atom stereocenters. The average Bonchev–Trinajstić information content (AvgIpc) is 2.99. The van der Waals surface area contributed by atoms with Crippen LogP contribution in [0.5, 0.6) is 5.75 Å². The smallest absolute Gasteiger partial charge is 0.328 e. The molecule has 0 aromatic heterocycles. The van der Waals surface area contributed by atoms with Crippen LogP contribution >= 0.6 is 0 Å². The maximum Gasteiger partial charge on any atom is 0.328 e. The number of aliphatic carboxylic acids is 1. The number of amides is 1. The zero-order valence-corrected chi connectivity index (χ0v) is 16.5. The normalized spacial score (nSPS) is 28.4. The van der Waals surface area contributed by atoms with Crippen LogP contribution in [-0.4, -0.2) is 47.4 Å². The fourth-order valence-corrected chi connectivity index (χ4v) is 4.39. The second-order valence-electron chi connectivity index (χ2n) is 8.66. The second-order valence-corrected chi connectivity index (χ2v) is 8.66. The predicted molar refractivity (Wildman–Crippen MR) is 101 cm³/mol. The van der Waals surface area contributed by atoms with Gasteiger partial charge in [-0.2, -0.15) is 0 Å². The summed E-state index contributed by atoms with van der Waals surface area (Å²) in [4.78, 5) is 26.6. The van der Waals surface area contributed by atoms with Crippen LogP contribution in [0.3, 0.4) is 0 Å². The molecule has 1 amide bonds. The fraction of sp³-hybridized carbons (Fsp3) is 0.619. The minimum atomic E-state index is -1.03. The molecule has 148 valence electrons. The summed E-state index contributed by atoms with van der Waals surface area (Å²) in [5, 5.41) is 9.68. The quantitative estimate of drug-likeness (QED) is 0.874. The number of methoxy groups -OCH3 is 1. The molecule has 2 fully saturated rings. The van der Waals surface area contributed by atoms with Gasteiger partial charge in [0.2, 0.25) is 0 Å². The molecule has 2 aliphatic rings. The minimum absolute atomic E-state index is 0.0330. The number of carbonyl (C=O) groups excluding carboxylic acids is 1. The summed E-state index contributed by atoms with van der Waals surface area (Å²) in [6.45, 7) is 6.71. The summed E-state index contributed by atoms with van der Waals surface area (Å²) in [6, 6.07) is 5.87. The Hall–Kier alpha value is -2.08. The number of benzene rings is 1. The van der Waals surface area contributed by atoms with Crippen molar-refractivity contribution in [1.82, 2.24) is 4.90 Å². The number of hydrogen-bond acceptors (Lipinski definition) is 4. The van der Waals surface area contributed by atoms with Crippen molar-refractivity contribution in [2.45, 2.75) is 58.2 Å². The van der Waals surface area contributed by atoms with E-state index in [4.69, 9.17) is 9.47 Å². The molecule has 1 saturated carbocycles. The third-order valence-electron chi connectivity index (χ3n) is 6.07. The van der Waals surface area contributed by atoms with Crippen molar-refractivity contribution >= 4 is 11.9 Å². The summed E-state index contributed by atoms with van der Waals surface area (Å²) in [5.74, 6) is -0.239. The molecule has 0 radical (unpaired) electrons. The van der Waals surface area contributed by atoms with Crippen LogP contribution in [0.2, 0.25) is 0 Å². The molecule has 27 heavy (non-hydrogen) atoms. The van der Waals surface area contributed by atoms with Crippen LogP contribution in [0.15, 0.2) is 24.3 Å². The number of hydrogen-bond donors (Lipinski definition) is 1. The van der Waals surface area contributed by atoms with Gasteiger partial charge < -0.3 is 14.6 Å². The van der Waals surface area contributed by atoms with E-state index >= 15 is 0 Å². The van der Waals surface area contributed by atoms with E-state index in [0.717, 1.165) is 12.8 Å². The Balaban J connectivity index is 1.90. The number of carboxylic acid groups (broad SMARTS) is 1. The van der Waals surface area contributed by atoms with Crippen LogP contribution in [0.25, 0.3) is 0 Å². The fourth-order valence-electron chi connectivity index (χ4n) is 4.39. The highest BCUT2D eigenvalue weighted by atomic mass is 16.5. The van der Waals surface area contributed by atoms with Gasteiger partial charge in [0, 0.05) is 5.56 Å². The Morgan fingerprint density at radius 1 is 1.26 bits per heavy atom. The van der Waals surface area contributed by atoms with E-state index < -0.39 is 17.7 Å². The van der Waals surface area contributed by atoms with Crippen molar-refractivity contribution in [3.8, 4) is 5.75 Å². The Morgan fingerprint density at radius 2 is 1.93 bits per heavy atom. The van der Waals surface area contributed by atoms with Gasteiger partial charge in [-0.25, -0.2) is 4.79 Å². The van der Waals surface area contributed by atoms with Crippen molar-refractivity contribution in [2.24, 2.45) is 11.3 Å². The Kier molecular flexibility index (Phi) is 5.21. The van der Waals surface area contributed by atoms with Gasteiger partial charge in [0.1, 0.15) is 11.5 Å². The number of nitrogens with zero attached hydrogens (tertiary/aromatic N) is 1. The van der Waals surface area contributed by atoms with Crippen molar-refractivity contribution < 1.29 is 24.2 Å². The van der Waals surface area contributed by atoms with Gasteiger partial charge in [-0.3, -0.25) is 9.69 Å². The van der Waals surface area contributed by atoms with Gasteiger partial charge in [-0.15, -0.1) is 0 Å².